The average molecular weight is 446 g/mol. The van der Waals surface area contributed by atoms with E-state index in [1.165, 1.54) is 34.6 Å². The summed E-state index contributed by atoms with van der Waals surface area (Å²) in [4.78, 5) is 5.33. The zero-order valence-corrected chi connectivity index (χ0v) is 18.5. The van der Waals surface area contributed by atoms with Gasteiger partial charge in [0.25, 0.3) is 0 Å². The Morgan fingerprint density at radius 2 is 1.67 bits per heavy atom. The summed E-state index contributed by atoms with van der Waals surface area (Å²) in [5, 5.41) is 4.29. The molecule has 1 saturated heterocycles. The van der Waals surface area contributed by atoms with Crippen LogP contribution >= 0.6 is 48.2 Å². The van der Waals surface area contributed by atoms with Gasteiger partial charge in [-0.1, -0.05) is 54.4 Å². The molecule has 2 fully saturated rings. The molecule has 0 aromatic heterocycles. The van der Waals surface area contributed by atoms with Crippen LogP contribution in [-0.4, -0.2) is 31.1 Å². The highest BCUT2D eigenvalue weighted by Crippen LogP contribution is 2.43. The van der Waals surface area contributed by atoms with E-state index in [9.17, 15) is 0 Å². The fourth-order valence-corrected chi connectivity index (χ4v) is 4.73. The largest absolute Gasteiger partial charge is 0.314 e. The van der Waals surface area contributed by atoms with Crippen molar-refractivity contribution in [2.45, 2.75) is 35.1 Å². The molecule has 6 heteroatoms. The smallest absolute Gasteiger partial charge is 0.0406 e. The number of halogens is 3. The molecular weight excluding hydrogens is 419 g/mol. The summed E-state index contributed by atoms with van der Waals surface area (Å²) in [7, 11) is 0. The molecule has 0 unspecified atom stereocenters. The first kappa shape index (κ1) is 22.9. The van der Waals surface area contributed by atoms with Crippen molar-refractivity contribution in [1.29, 1.82) is 0 Å². The molecule has 1 atom stereocenters. The number of hydrogen-bond acceptors (Lipinski definition) is 3. The van der Waals surface area contributed by atoms with Gasteiger partial charge in [0, 0.05) is 47.0 Å². The van der Waals surface area contributed by atoms with Gasteiger partial charge in [0.15, 0.2) is 0 Å². The van der Waals surface area contributed by atoms with Crippen LogP contribution in [0.4, 0.5) is 0 Å². The molecule has 1 aliphatic carbocycles. The lowest BCUT2D eigenvalue weighted by molar-refractivity contribution is 0.158. The Bertz CT molecular complexity index is 701. The third-order valence-electron chi connectivity index (χ3n) is 5.17. The SMILES string of the molecule is Cl.Cl.Clc1ccc(Sc2ccccc2[C@@H](CC2CC2)N2CCNCC2)cc1. The van der Waals surface area contributed by atoms with Crippen LogP contribution in [0.3, 0.4) is 0 Å². The maximum absolute atomic E-state index is 6.04. The summed E-state index contributed by atoms with van der Waals surface area (Å²) in [5.74, 6) is 0.925. The number of hydrogen-bond donors (Lipinski definition) is 1. The lowest BCUT2D eigenvalue weighted by Crippen LogP contribution is -2.45. The van der Waals surface area contributed by atoms with E-state index in [4.69, 9.17) is 11.6 Å². The molecule has 0 amide bonds. The normalized spacial score (nSPS) is 18.3. The van der Waals surface area contributed by atoms with Crippen molar-refractivity contribution in [2.24, 2.45) is 5.92 Å². The summed E-state index contributed by atoms with van der Waals surface area (Å²) in [6.07, 6.45) is 4.13. The molecule has 1 N–H and O–H groups in total. The number of benzene rings is 2. The van der Waals surface area contributed by atoms with Crippen molar-refractivity contribution in [3.8, 4) is 0 Å². The van der Waals surface area contributed by atoms with E-state index < -0.39 is 0 Å². The fourth-order valence-electron chi connectivity index (χ4n) is 3.61. The number of nitrogens with zero attached hydrogens (tertiary/aromatic N) is 1. The van der Waals surface area contributed by atoms with Crippen LogP contribution in [0.25, 0.3) is 0 Å². The van der Waals surface area contributed by atoms with Crippen LogP contribution in [-0.2, 0) is 0 Å². The van der Waals surface area contributed by atoms with Crippen LogP contribution in [0.1, 0.15) is 30.9 Å². The van der Waals surface area contributed by atoms with Gasteiger partial charge in [-0.25, -0.2) is 0 Å². The molecule has 1 heterocycles. The van der Waals surface area contributed by atoms with Gasteiger partial charge < -0.3 is 5.32 Å². The van der Waals surface area contributed by atoms with Crippen LogP contribution in [0.5, 0.6) is 0 Å². The van der Waals surface area contributed by atoms with Crippen molar-refractivity contribution in [1.82, 2.24) is 10.2 Å². The predicted octanol–water partition coefficient (Wildman–Crippen LogP) is 6.08. The Balaban J connectivity index is 0.00000131. The van der Waals surface area contributed by atoms with E-state index in [-0.39, 0.29) is 24.8 Å². The minimum atomic E-state index is 0. The highest BCUT2D eigenvalue weighted by atomic mass is 35.5. The predicted molar refractivity (Wildman–Crippen MR) is 121 cm³/mol. The van der Waals surface area contributed by atoms with Crippen molar-refractivity contribution in [3.63, 3.8) is 0 Å². The zero-order chi connectivity index (χ0) is 17.1. The molecule has 27 heavy (non-hydrogen) atoms. The van der Waals surface area contributed by atoms with Gasteiger partial charge in [-0.15, -0.1) is 24.8 Å². The fraction of sp³-hybridized carbons (Fsp3) is 0.429. The molecule has 4 rings (SSSR count). The maximum atomic E-state index is 6.04. The van der Waals surface area contributed by atoms with Gasteiger partial charge in [0.05, 0.1) is 0 Å². The number of rotatable bonds is 6. The monoisotopic (exact) mass is 444 g/mol. The molecule has 148 valence electrons. The summed E-state index contributed by atoms with van der Waals surface area (Å²) in [6, 6.07) is 17.7. The van der Waals surface area contributed by atoms with E-state index in [1.807, 2.05) is 23.9 Å². The van der Waals surface area contributed by atoms with E-state index in [0.717, 1.165) is 37.1 Å². The summed E-state index contributed by atoms with van der Waals surface area (Å²) in [6.45, 7) is 4.51. The highest BCUT2D eigenvalue weighted by Gasteiger charge is 2.31. The van der Waals surface area contributed by atoms with E-state index in [1.54, 1.807) is 0 Å². The highest BCUT2D eigenvalue weighted by molar-refractivity contribution is 7.99. The number of nitrogens with one attached hydrogen (secondary N) is 1. The van der Waals surface area contributed by atoms with Gasteiger partial charge in [-0.3, -0.25) is 4.90 Å². The average Bonchev–Trinajstić information content (AvgIpc) is 3.47. The Morgan fingerprint density at radius 1 is 1.00 bits per heavy atom. The van der Waals surface area contributed by atoms with Crippen molar-refractivity contribution < 1.29 is 0 Å². The second kappa shape index (κ2) is 10.9. The van der Waals surface area contributed by atoms with E-state index in [2.05, 4.69) is 46.6 Å². The molecule has 2 nitrogen and oxygen atoms in total. The second-order valence-corrected chi connectivity index (χ2v) is 8.63. The van der Waals surface area contributed by atoms with Gasteiger partial charge in [0.2, 0.25) is 0 Å². The molecular formula is C21H27Cl3N2S. The molecule has 1 saturated carbocycles. The summed E-state index contributed by atoms with van der Waals surface area (Å²) in [5.41, 5.74) is 1.50. The molecule has 2 aliphatic rings. The summed E-state index contributed by atoms with van der Waals surface area (Å²) >= 11 is 7.90. The number of piperazine rings is 1. The first-order valence-electron chi connectivity index (χ1n) is 9.27. The summed E-state index contributed by atoms with van der Waals surface area (Å²) < 4.78 is 0. The lowest BCUT2D eigenvalue weighted by atomic mass is 9.98. The van der Waals surface area contributed by atoms with Crippen LogP contribution < -0.4 is 5.32 Å². The Kier molecular flexibility index (Phi) is 9.27. The maximum Gasteiger partial charge on any atom is 0.0406 e. The third-order valence-corrected chi connectivity index (χ3v) is 6.52. The van der Waals surface area contributed by atoms with E-state index in [0.29, 0.717) is 6.04 Å². The Hall–Kier alpha value is -0.420. The van der Waals surface area contributed by atoms with Crippen LogP contribution in [0, 0.1) is 5.92 Å². The minimum Gasteiger partial charge on any atom is -0.314 e. The van der Waals surface area contributed by atoms with Gasteiger partial charge >= 0.3 is 0 Å². The second-order valence-electron chi connectivity index (χ2n) is 7.07. The molecule has 2 aromatic carbocycles. The molecule has 0 spiro atoms. The molecule has 1 aliphatic heterocycles. The van der Waals surface area contributed by atoms with Crippen molar-refractivity contribution >= 4 is 48.2 Å². The zero-order valence-electron chi connectivity index (χ0n) is 15.3. The first-order chi connectivity index (χ1) is 12.3. The molecule has 0 bridgehead atoms. The van der Waals surface area contributed by atoms with Crippen LogP contribution in [0.15, 0.2) is 58.3 Å². The molecule has 2 aromatic rings. The lowest BCUT2D eigenvalue weighted by Gasteiger charge is -2.36. The standard InChI is InChI=1S/C21H25ClN2S.2ClH/c22-17-7-9-18(10-8-17)25-21-4-2-1-3-19(21)20(15-16-5-6-16)24-13-11-23-12-14-24;;/h1-4,7-10,16,20,23H,5-6,11-15H2;2*1H/t20-;;/m1../s1. The van der Waals surface area contributed by atoms with Crippen molar-refractivity contribution in [3.05, 3.63) is 59.1 Å². The van der Waals surface area contributed by atoms with Gasteiger partial charge in [-0.2, -0.15) is 0 Å². The Morgan fingerprint density at radius 3 is 2.33 bits per heavy atom. The van der Waals surface area contributed by atoms with Gasteiger partial charge in [-0.05, 0) is 48.2 Å². The first-order valence-corrected chi connectivity index (χ1v) is 10.5. The van der Waals surface area contributed by atoms with Gasteiger partial charge in [0.1, 0.15) is 0 Å². The molecule has 0 radical (unpaired) electrons. The minimum absolute atomic E-state index is 0. The quantitative estimate of drug-likeness (QED) is 0.580. The Labute approximate surface area is 184 Å². The third kappa shape index (κ3) is 6.28. The van der Waals surface area contributed by atoms with E-state index >= 15 is 0 Å². The van der Waals surface area contributed by atoms with Crippen molar-refractivity contribution in [2.75, 3.05) is 26.2 Å². The van der Waals surface area contributed by atoms with Crippen LogP contribution in [0.2, 0.25) is 5.02 Å². The topological polar surface area (TPSA) is 15.3 Å².